The topological polar surface area (TPSA) is 113 Å². The molecule has 0 aromatic heterocycles. The lowest BCUT2D eigenvalue weighted by molar-refractivity contribution is -0.159. The average Bonchev–Trinajstić information content (AvgIpc) is 2.80. The van der Waals surface area contributed by atoms with Crippen molar-refractivity contribution in [1.29, 1.82) is 0 Å². The van der Waals surface area contributed by atoms with Crippen LogP contribution in [0.3, 0.4) is 0 Å². The Bertz CT molecular complexity index is 549. The van der Waals surface area contributed by atoms with Crippen molar-refractivity contribution in [3.05, 3.63) is 0 Å². The fraction of sp³-hybridized carbons (Fsp3) is 0.889. The molecule has 7 nitrogen and oxygen atoms in total. The molecule has 0 aliphatic carbocycles. The molecule has 34 heavy (non-hydrogen) atoms. The first-order valence-electron chi connectivity index (χ1n) is 13.5. The molecule has 0 rings (SSSR count). The summed E-state index contributed by atoms with van der Waals surface area (Å²) in [6, 6.07) is 0. The van der Waals surface area contributed by atoms with Crippen molar-refractivity contribution < 1.29 is 29.3 Å². The first kappa shape index (κ1) is 32.5. The number of hydrogen-bond donors (Lipinski definition) is 3. The SMILES string of the molecule is CCCCCCCCCCCCCCCCCC(=O)OC(=O)CCNC(=O)[C@H](O)C(C)(C)CO. The number of hydrogen-bond acceptors (Lipinski definition) is 6. The number of carbonyl (C=O) groups excluding carboxylic acids is 3. The Hall–Kier alpha value is -1.47. The van der Waals surface area contributed by atoms with Gasteiger partial charge >= 0.3 is 11.9 Å². The predicted octanol–water partition coefficient (Wildman–Crippen LogP) is 5.20. The van der Waals surface area contributed by atoms with Gasteiger partial charge in [0.15, 0.2) is 0 Å². The van der Waals surface area contributed by atoms with Crippen LogP contribution in [0.2, 0.25) is 0 Å². The smallest absolute Gasteiger partial charge is 0.315 e. The van der Waals surface area contributed by atoms with E-state index in [1.54, 1.807) is 13.8 Å². The lowest BCUT2D eigenvalue weighted by Gasteiger charge is -2.27. The summed E-state index contributed by atoms with van der Waals surface area (Å²) in [6.07, 6.45) is 17.4. The summed E-state index contributed by atoms with van der Waals surface area (Å²) in [4.78, 5) is 35.3. The highest BCUT2D eigenvalue weighted by atomic mass is 16.6. The molecule has 0 aromatic rings. The monoisotopic (exact) mass is 485 g/mol. The summed E-state index contributed by atoms with van der Waals surface area (Å²) in [6.45, 7) is 4.98. The molecule has 0 heterocycles. The highest BCUT2D eigenvalue weighted by molar-refractivity contribution is 5.86. The lowest BCUT2D eigenvalue weighted by atomic mass is 9.87. The van der Waals surface area contributed by atoms with Gasteiger partial charge in [0, 0.05) is 18.4 Å². The fourth-order valence-corrected chi connectivity index (χ4v) is 3.70. The maximum absolute atomic E-state index is 11.8. The summed E-state index contributed by atoms with van der Waals surface area (Å²) in [7, 11) is 0. The minimum Gasteiger partial charge on any atom is -0.396 e. The molecule has 0 unspecified atom stereocenters. The largest absolute Gasteiger partial charge is 0.396 e. The summed E-state index contributed by atoms with van der Waals surface area (Å²) in [5, 5.41) is 21.5. The zero-order valence-electron chi connectivity index (χ0n) is 22.0. The molecule has 0 aromatic carbocycles. The number of rotatable bonds is 22. The second-order valence-corrected chi connectivity index (χ2v) is 10.1. The number of ether oxygens (including phenoxy) is 1. The van der Waals surface area contributed by atoms with Gasteiger partial charge in [-0.25, -0.2) is 0 Å². The van der Waals surface area contributed by atoms with Crippen LogP contribution in [0.5, 0.6) is 0 Å². The number of carbonyl (C=O) groups is 3. The van der Waals surface area contributed by atoms with Gasteiger partial charge in [0.25, 0.3) is 0 Å². The molecule has 0 aliphatic heterocycles. The van der Waals surface area contributed by atoms with Crippen LogP contribution >= 0.6 is 0 Å². The van der Waals surface area contributed by atoms with Gasteiger partial charge in [0.2, 0.25) is 5.91 Å². The summed E-state index contributed by atoms with van der Waals surface area (Å²) >= 11 is 0. The van der Waals surface area contributed by atoms with Gasteiger partial charge in [-0.05, 0) is 6.42 Å². The number of aliphatic hydroxyl groups is 2. The van der Waals surface area contributed by atoms with Gasteiger partial charge in [-0.15, -0.1) is 0 Å². The highest BCUT2D eigenvalue weighted by Crippen LogP contribution is 2.19. The van der Waals surface area contributed by atoms with Crippen LogP contribution in [0, 0.1) is 5.41 Å². The Morgan fingerprint density at radius 2 is 1.15 bits per heavy atom. The summed E-state index contributed by atoms with van der Waals surface area (Å²) in [5.74, 6) is -1.90. The van der Waals surface area contributed by atoms with E-state index in [1.807, 2.05) is 0 Å². The molecule has 200 valence electrons. The molecule has 1 amide bonds. The van der Waals surface area contributed by atoms with E-state index >= 15 is 0 Å². The zero-order chi connectivity index (χ0) is 25.7. The van der Waals surface area contributed by atoms with E-state index < -0.39 is 29.4 Å². The predicted molar refractivity (Wildman–Crippen MR) is 135 cm³/mol. The Morgan fingerprint density at radius 1 is 0.735 bits per heavy atom. The normalized spacial score (nSPS) is 12.4. The van der Waals surface area contributed by atoms with Crippen LogP contribution < -0.4 is 5.32 Å². The van der Waals surface area contributed by atoms with E-state index in [-0.39, 0.29) is 26.0 Å². The molecule has 0 saturated carbocycles. The van der Waals surface area contributed by atoms with Crippen molar-refractivity contribution >= 4 is 17.8 Å². The van der Waals surface area contributed by atoms with Gasteiger partial charge in [-0.3, -0.25) is 14.4 Å². The van der Waals surface area contributed by atoms with Crippen molar-refractivity contribution in [3.8, 4) is 0 Å². The minimum atomic E-state index is -1.39. The van der Waals surface area contributed by atoms with E-state index in [1.165, 1.54) is 77.0 Å². The van der Waals surface area contributed by atoms with Crippen LogP contribution in [0.1, 0.15) is 130 Å². The number of unbranched alkanes of at least 4 members (excludes halogenated alkanes) is 14. The van der Waals surface area contributed by atoms with Crippen molar-refractivity contribution in [1.82, 2.24) is 5.32 Å². The van der Waals surface area contributed by atoms with E-state index in [4.69, 9.17) is 4.74 Å². The fourth-order valence-electron chi connectivity index (χ4n) is 3.70. The third-order valence-corrected chi connectivity index (χ3v) is 6.24. The molecular formula is C27H51NO6. The third kappa shape index (κ3) is 17.9. The van der Waals surface area contributed by atoms with Gasteiger partial charge in [0.05, 0.1) is 13.0 Å². The van der Waals surface area contributed by atoms with Crippen LogP contribution in [0.15, 0.2) is 0 Å². The van der Waals surface area contributed by atoms with Crippen molar-refractivity contribution in [2.75, 3.05) is 13.2 Å². The molecule has 0 radical (unpaired) electrons. The number of esters is 2. The zero-order valence-corrected chi connectivity index (χ0v) is 22.0. The average molecular weight is 486 g/mol. The van der Waals surface area contributed by atoms with E-state index in [9.17, 15) is 24.6 Å². The Morgan fingerprint density at radius 3 is 1.59 bits per heavy atom. The number of aliphatic hydroxyl groups excluding tert-OH is 2. The molecule has 0 aliphatic rings. The quantitative estimate of drug-likeness (QED) is 0.110. The second kappa shape index (κ2) is 20.9. The van der Waals surface area contributed by atoms with Gasteiger partial charge in [0.1, 0.15) is 6.10 Å². The number of amides is 1. The van der Waals surface area contributed by atoms with E-state index in [0.717, 1.165) is 12.8 Å². The third-order valence-electron chi connectivity index (χ3n) is 6.24. The molecule has 7 heteroatoms. The summed E-state index contributed by atoms with van der Waals surface area (Å²) < 4.78 is 4.77. The van der Waals surface area contributed by atoms with Crippen LogP contribution in [0.4, 0.5) is 0 Å². The lowest BCUT2D eigenvalue weighted by Crippen LogP contribution is -2.46. The van der Waals surface area contributed by atoms with Gasteiger partial charge < -0.3 is 20.3 Å². The molecule has 0 spiro atoms. The molecular weight excluding hydrogens is 434 g/mol. The minimum absolute atomic E-state index is 0.0392. The Balaban J connectivity index is 3.55. The Kier molecular flexibility index (Phi) is 20.0. The molecule has 0 saturated heterocycles. The highest BCUT2D eigenvalue weighted by Gasteiger charge is 2.32. The Labute approximate surface area is 207 Å². The van der Waals surface area contributed by atoms with Crippen molar-refractivity contribution in [2.24, 2.45) is 5.41 Å². The number of nitrogens with one attached hydrogen (secondary N) is 1. The van der Waals surface area contributed by atoms with Gasteiger partial charge in [-0.2, -0.15) is 0 Å². The molecule has 0 bridgehead atoms. The van der Waals surface area contributed by atoms with Crippen molar-refractivity contribution in [2.45, 2.75) is 136 Å². The van der Waals surface area contributed by atoms with Crippen molar-refractivity contribution in [3.63, 3.8) is 0 Å². The van der Waals surface area contributed by atoms with Crippen LogP contribution in [-0.2, 0) is 19.1 Å². The standard InChI is InChI=1S/C27H51NO6/c1-4-5-6-7-8-9-10-11-12-13-14-15-16-17-18-19-23(30)34-24(31)20-21-28-26(33)25(32)27(2,3)22-29/h25,29,32H,4-22H2,1-3H3,(H,28,33)/t25-/m0/s1. The van der Waals surface area contributed by atoms with E-state index in [2.05, 4.69) is 12.2 Å². The first-order chi connectivity index (χ1) is 16.2. The maximum atomic E-state index is 11.8. The molecule has 1 atom stereocenters. The van der Waals surface area contributed by atoms with Crippen LogP contribution in [0.25, 0.3) is 0 Å². The maximum Gasteiger partial charge on any atom is 0.315 e. The second-order valence-electron chi connectivity index (χ2n) is 10.1. The van der Waals surface area contributed by atoms with Gasteiger partial charge in [-0.1, -0.05) is 111 Å². The first-order valence-corrected chi connectivity index (χ1v) is 13.5. The molecule has 0 fully saturated rings. The van der Waals surface area contributed by atoms with E-state index in [0.29, 0.717) is 6.42 Å². The van der Waals surface area contributed by atoms with Crippen LogP contribution in [-0.4, -0.2) is 47.3 Å². The summed E-state index contributed by atoms with van der Waals surface area (Å²) in [5.41, 5.74) is -0.978. The molecule has 3 N–H and O–H groups in total.